The van der Waals surface area contributed by atoms with Crippen molar-refractivity contribution in [1.82, 2.24) is 0 Å². The maximum Gasteiger partial charge on any atom is 0.377 e. The lowest BCUT2D eigenvalue weighted by Gasteiger charge is -1.98. The van der Waals surface area contributed by atoms with Crippen LogP contribution < -0.4 is 0 Å². The summed E-state index contributed by atoms with van der Waals surface area (Å²) in [6.45, 7) is 1.55. The average molecular weight is 209 g/mol. The summed E-state index contributed by atoms with van der Waals surface area (Å²) in [6.07, 6.45) is 0. The van der Waals surface area contributed by atoms with Crippen molar-refractivity contribution in [3.8, 4) is 0 Å². The van der Waals surface area contributed by atoms with Crippen molar-refractivity contribution in [2.24, 2.45) is 0 Å². The standard InChI is InChI=1S/C9H7NO5/c1-5-2-6(8(11)9(12)13)4-7(3-5)10(14)15/h2-4H,1H3,(H,12,13). The third-order valence-electron chi connectivity index (χ3n) is 1.73. The van der Waals surface area contributed by atoms with Gasteiger partial charge in [0.15, 0.2) is 0 Å². The van der Waals surface area contributed by atoms with Crippen LogP contribution >= 0.6 is 0 Å². The second-order valence-electron chi connectivity index (χ2n) is 2.95. The first-order valence-corrected chi connectivity index (χ1v) is 3.95. The van der Waals surface area contributed by atoms with E-state index >= 15 is 0 Å². The molecule has 0 aromatic heterocycles. The van der Waals surface area contributed by atoms with Gasteiger partial charge in [-0.2, -0.15) is 0 Å². The van der Waals surface area contributed by atoms with Crippen molar-refractivity contribution >= 4 is 17.4 Å². The molecule has 15 heavy (non-hydrogen) atoms. The largest absolute Gasteiger partial charge is 0.475 e. The fraction of sp³-hybridized carbons (Fsp3) is 0.111. The molecule has 78 valence electrons. The van der Waals surface area contributed by atoms with Crippen LogP contribution in [0.5, 0.6) is 0 Å². The number of nitrogens with zero attached hydrogens (tertiary/aromatic N) is 1. The van der Waals surface area contributed by atoms with E-state index in [0.717, 1.165) is 6.07 Å². The van der Waals surface area contributed by atoms with E-state index in [-0.39, 0.29) is 11.3 Å². The molecule has 0 saturated carbocycles. The topological polar surface area (TPSA) is 97.5 Å². The minimum absolute atomic E-state index is 0.186. The molecule has 6 heteroatoms. The molecule has 0 unspecified atom stereocenters. The third-order valence-corrected chi connectivity index (χ3v) is 1.73. The van der Waals surface area contributed by atoms with Gasteiger partial charge in [0.25, 0.3) is 11.5 Å². The molecule has 1 N–H and O–H groups in total. The zero-order chi connectivity index (χ0) is 11.6. The van der Waals surface area contributed by atoms with Crippen molar-refractivity contribution in [3.63, 3.8) is 0 Å². The highest BCUT2D eigenvalue weighted by molar-refractivity contribution is 6.39. The number of carbonyl (C=O) groups excluding carboxylic acids is 1. The van der Waals surface area contributed by atoms with Crippen LogP contribution in [0.2, 0.25) is 0 Å². The lowest BCUT2D eigenvalue weighted by molar-refractivity contribution is -0.384. The Morgan fingerprint density at radius 3 is 2.40 bits per heavy atom. The molecular formula is C9H7NO5. The van der Waals surface area contributed by atoms with Crippen molar-refractivity contribution in [1.29, 1.82) is 0 Å². The number of hydrogen-bond donors (Lipinski definition) is 1. The van der Waals surface area contributed by atoms with Gasteiger partial charge in [0.2, 0.25) is 0 Å². The lowest BCUT2D eigenvalue weighted by atomic mass is 10.1. The van der Waals surface area contributed by atoms with E-state index in [1.54, 1.807) is 6.92 Å². The van der Waals surface area contributed by atoms with Gasteiger partial charge < -0.3 is 5.11 Å². The molecule has 0 bridgehead atoms. The summed E-state index contributed by atoms with van der Waals surface area (Å²) in [5.41, 5.74) is -0.0115. The van der Waals surface area contributed by atoms with E-state index in [1.807, 2.05) is 0 Å². The normalized spacial score (nSPS) is 9.67. The number of non-ortho nitro benzene ring substituents is 1. The number of carbonyl (C=O) groups is 2. The number of carboxylic acid groups (broad SMARTS) is 1. The highest BCUT2D eigenvalue weighted by atomic mass is 16.6. The molecule has 0 heterocycles. The number of carboxylic acids is 1. The predicted molar refractivity (Wildman–Crippen MR) is 49.8 cm³/mol. The summed E-state index contributed by atoms with van der Waals surface area (Å²) in [5.74, 6) is -2.78. The number of benzene rings is 1. The maximum atomic E-state index is 11.0. The molecule has 0 saturated heterocycles. The van der Waals surface area contributed by atoms with Crippen molar-refractivity contribution in [3.05, 3.63) is 39.4 Å². The Morgan fingerprint density at radius 1 is 1.33 bits per heavy atom. The van der Waals surface area contributed by atoms with Gasteiger partial charge in [-0.05, 0) is 18.6 Å². The number of aliphatic carboxylic acids is 1. The van der Waals surface area contributed by atoms with Gasteiger partial charge in [0.1, 0.15) is 0 Å². The minimum atomic E-state index is -1.63. The van der Waals surface area contributed by atoms with Crippen LogP contribution in [0.15, 0.2) is 18.2 Å². The van der Waals surface area contributed by atoms with E-state index in [1.165, 1.54) is 12.1 Å². The molecule has 0 atom stereocenters. The summed E-state index contributed by atoms with van der Waals surface area (Å²) in [4.78, 5) is 31.2. The Hall–Kier alpha value is -2.24. The van der Waals surface area contributed by atoms with Gasteiger partial charge >= 0.3 is 5.97 Å². The number of ketones is 1. The highest BCUT2D eigenvalue weighted by Gasteiger charge is 2.18. The molecular weight excluding hydrogens is 202 g/mol. The molecule has 0 aliphatic rings. The number of nitro groups is 1. The fourth-order valence-electron chi connectivity index (χ4n) is 1.12. The van der Waals surface area contributed by atoms with Gasteiger partial charge in [-0.1, -0.05) is 0 Å². The number of hydrogen-bond acceptors (Lipinski definition) is 4. The molecule has 0 aliphatic carbocycles. The van der Waals surface area contributed by atoms with E-state index in [9.17, 15) is 19.7 Å². The Balaban J connectivity index is 3.26. The zero-order valence-corrected chi connectivity index (χ0v) is 7.76. The smallest absolute Gasteiger partial charge is 0.377 e. The van der Waals surface area contributed by atoms with E-state index < -0.39 is 16.7 Å². The maximum absolute atomic E-state index is 11.0. The molecule has 0 aliphatic heterocycles. The van der Waals surface area contributed by atoms with Crippen LogP contribution in [-0.2, 0) is 4.79 Å². The first-order chi connectivity index (χ1) is 6.91. The molecule has 0 radical (unpaired) electrons. The summed E-state index contributed by atoms with van der Waals surface area (Å²) in [5, 5.41) is 18.9. The Morgan fingerprint density at radius 2 is 1.93 bits per heavy atom. The van der Waals surface area contributed by atoms with Crippen LogP contribution in [-0.4, -0.2) is 21.8 Å². The van der Waals surface area contributed by atoms with Crippen LogP contribution in [0.25, 0.3) is 0 Å². The Labute approximate surface area is 84.3 Å². The van der Waals surface area contributed by atoms with Crippen LogP contribution in [0.4, 0.5) is 5.69 Å². The number of aryl methyl sites for hydroxylation is 1. The molecule has 0 amide bonds. The van der Waals surface area contributed by atoms with Crippen molar-refractivity contribution in [2.45, 2.75) is 6.92 Å². The van der Waals surface area contributed by atoms with Crippen molar-refractivity contribution < 1.29 is 19.6 Å². The molecule has 0 fully saturated rings. The lowest BCUT2D eigenvalue weighted by Crippen LogP contribution is -2.13. The number of nitro benzene ring substituents is 1. The monoisotopic (exact) mass is 209 g/mol. The SMILES string of the molecule is Cc1cc(C(=O)C(=O)O)cc([N+](=O)[O-])c1. The fourth-order valence-corrected chi connectivity index (χ4v) is 1.12. The quantitative estimate of drug-likeness (QED) is 0.348. The first kappa shape index (κ1) is 10.8. The van der Waals surface area contributed by atoms with Crippen LogP contribution in [0.1, 0.15) is 15.9 Å². The van der Waals surface area contributed by atoms with Gasteiger partial charge in [-0.3, -0.25) is 14.9 Å². The summed E-state index contributed by atoms with van der Waals surface area (Å²) < 4.78 is 0. The summed E-state index contributed by atoms with van der Waals surface area (Å²) in [7, 11) is 0. The van der Waals surface area contributed by atoms with Crippen molar-refractivity contribution in [2.75, 3.05) is 0 Å². The molecule has 1 aromatic carbocycles. The van der Waals surface area contributed by atoms with Gasteiger partial charge in [-0.25, -0.2) is 4.79 Å². The van der Waals surface area contributed by atoms with Gasteiger partial charge in [0, 0.05) is 17.7 Å². The number of Topliss-reactive ketones (excluding diaryl/α,β-unsaturated/α-hetero) is 1. The highest BCUT2D eigenvalue weighted by Crippen LogP contribution is 2.17. The zero-order valence-electron chi connectivity index (χ0n) is 7.76. The summed E-state index contributed by atoms with van der Waals surface area (Å²) in [6, 6.07) is 3.51. The van der Waals surface area contributed by atoms with E-state index in [2.05, 4.69) is 0 Å². The molecule has 6 nitrogen and oxygen atoms in total. The second kappa shape index (κ2) is 3.87. The molecule has 1 aromatic rings. The van der Waals surface area contributed by atoms with E-state index in [4.69, 9.17) is 5.11 Å². The average Bonchev–Trinajstić information content (AvgIpc) is 2.15. The van der Waals surface area contributed by atoms with Crippen LogP contribution in [0, 0.1) is 17.0 Å². The Bertz CT molecular complexity index is 452. The van der Waals surface area contributed by atoms with Gasteiger partial charge in [0.05, 0.1) is 4.92 Å². The van der Waals surface area contributed by atoms with Crippen LogP contribution in [0.3, 0.4) is 0 Å². The number of rotatable bonds is 3. The summed E-state index contributed by atoms with van der Waals surface area (Å²) >= 11 is 0. The van der Waals surface area contributed by atoms with Gasteiger partial charge in [-0.15, -0.1) is 0 Å². The second-order valence-corrected chi connectivity index (χ2v) is 2.95. The van der Waals surface area contributed by atoms with E-state index in [0.29, 0.717) is 5.56 Å². The molecule has 1 rings (SSSR count). The predicted octanol–water partition coefficient (Wildman–Crippen LogP) is 1.17. The minimum Gasteiger partial charge on any atom is -0.475 e. The first-order valence-electron chi connectivity index (χ1n) is 3.95. The molecule has 0 spiro atoms. The Kier molecular flexibility index (Phi) is 2.80. The third kappa shape index (κ3) is 2.37.